The van der Waals surface area contributed by atoms with Crippen LogP contribution in [0.15, 0.2) is 0 Å². The zero-order valence-corrected chi connectivity index (χ0v) is 3.91. The second kappa shape index (κ2) is 1.84. The molecule has 2 nitrogen and oxygen atoms in total. The van der Waals surface area contributed by atoms with E-state index in [0.717, 1.165) is 0 Å². The largest absolute Gasteiger partial charge is 0.429 e. The average Bonchev–Trinajstić information content (AvgIpc) is 1.31. The van der Waals surface area contributed by atoms with Crippen LogP contribution in [-0.2, 0) is 4.57 Å². The molecule has 7 heavy (non-hydrogen) atoms. The first-order chi connectivity index (χ1) is 2.94. The van der Waals surface area contributed by atoms with Gasteiger partial charge in [-0.25, -0.2) is 4.57 Å². The Hall–Kier alpha value is -0.0200. The van der Waals surface area contributed by atoms with Gasteiger partial charge in [0.25, 0.3) is 0 Å². The third-order valence-electron chi connectivity index (χ3n) is 0.241. The fourth-order valence-electron chi connectivity index (χ4n) is 0. The summed E-state index contributed by atoms with van der Waals surface area (Å²) in [5.41, 5.74) is 0. The quantitative estimate of drug-likeness (QED) is 0.549. The SMILES string of the molecule is O=P(O)(F)C(F)F. The van der Waals surface area contributed by atoms with E-state index >= 15 is 0 Å². The molecule has 0 aromatic carbocycles. The topological polar surface area (TPSA) is 37.3 Å². The van der Waals surface area contributed by atoms with Crippen molar-refractivity contribution in [3.05, 3.63) is 0 Å². The Kier molecular flexibility index (Phi) is 1.83. The van der Waals surface area contributed by atoms with Gasteiger partial charge in [0.1, 0.15) is 0 Å². The van der Waals surface area contributed by atoms with E-state index < -0.39 is 13.8 Å². The Morgan fingerprint density at radius 2 is 1.71 bits per heavy atom. The molecule has 0 fully saturated rings. The summed E-state index contributed by atoms with van der Waals surface area (Å²) in [5, 5.41) is 0. The van der Waals surface area contributed by atoms with Crippen LogP contribution in [0.5, 0.6) is 0 Å². The molecule has 0 saturated carbocycles. The van der Waals surface area contributed by atoms with Gasteiger partial charge in [0.05, 0.1) is 0 Å². The van der Waals surface area contributed by atoms with Crippen LogP contribution in [0.4, 0.5) is 13.0 Å². The summed E-state index contributed by atoms with van der Waals surface area (Å²) in [6.45, 7) is 0. The molecule has 0 rings (SSSR count). The smallest absolute Gasteiger partial charge is 0.317 e. The van der Waals surface area contributed by atoms with Gasteiger partial charge in [-0.15, -0.1) is 0 Å². The van der Waals surface area contributed by atoms with Crippen molar-refractivity contribution in [3.8, 4) is 0 Å². The van der Waals surface area contributed by atoms with Gasteiger partial charge in [-0.05, 0) is 0 Å². The first kappa shape index (κ1) is 6.98. The van der Waals surface area contributed by atoms with E-state index in [9.17, 15) is 13.0 Å². The molecule has 0 aromatic heterocycles. The fraction of sp³-hybridized carbons (Fsp3) is 1.00. The van der Waals surface area contributed by atoms with Gasteiger partial charge in [-0.1, -0.05) is 0 Å². The minimum Gasteiger partial charge on any atom is -0.317 e. The molecule has 0 amide bonds. The summed E-state index contributed by atoms with van der Waals surface area (Å²) in [6, 6.07) is 0. The van der Waals surface area contributed by atoms with Crippen LogP contribution >= 0.6 is 7.68 Å². The normalized spacial score (nSPS) is 19.6. The van der Waals surface area contributed by atoms with Crippen LogP contribution in [0.3, 0.4) is 0 Å². The van der Waals surface area contributed by atoms with E-state index in [0.29, 0.717) is 0 Å². The van der Waals surface area contributed by atoms with Gasteiger partial charge in [-0.3, -0.25) is 0 Å². The minimum atomic E-state index is -5.57. The molecule has 44 valence electrons. The number of hydrogen-bond donors (Lipinski definition) is 1. The summed E-state index contributed by atoms with van der Waals surface area (Å²) < 4.78 is 41.2. The highest BCUT2D eigenvalue weighted by Crippen LogP contribution is 2.48. The molecule has 0 radical (unpaired) electrons. The standard InChI is InChI=1S/CH2F3O2P/c2-1(3)7(4,5)6/h1H,(H,5,6). The monoisotopic (exact) mass is 134 g/mol. The lowest BCUT2D eigenvalue weighted by Gasteiger charge is -1.93. The van der Waals surface area contributed by atoms with Crippen molar-refractivity contribution >= 4 is 7.68 Å². The van der Waals surface area contributed by atoms with Gasteiger partial charge >= 0.3 is 13.8 Å². The molecular weight excluding hydrogens is 132 g/mol. The first-order valence-corrected chi connectivity index (χ1v) is 2.87. The summed E-state index contributed by atoms with van der Waals surface area (Å²) >= 11 is 0. The summed E-state index contributed by atoms with van der Waals surface area (Å²) in [4.78, 5) is 7.23. The molecule has 1 unspecified atom stereocenters. The Morgan fingerprint density at radius 1 is 1.57 bits per heavy atom. The van der Waals surface area contributed by atoms with E-state index in [1.807, 2.05) is 0 Å². The second-order valence-electron chi connectivity index (χ2n) is 0.822. The van der Waals surface area contributed by atoms with Crippen LogP contribution in [-0.4, -0.2) is 11.1 Å². The zero-order valence-electron chi connectivity index (χ0n) is 3.01. The van der Waals surface area contributed by atoms with Gasteiger partial charge in [-0.2, -0.15) is 13.0 Å². The first-order valence-electron chi connectivity index (χ1n) is 1.25. The van der Waals surface area contributed by atoms with Crippen LogP contribution in [0.25, 0.3) is 0 Å². The van der Waals surface area contributed by atoms with E-state index in [1.165, 1.54) is 0 Å². The molecule has 0 spiro atoms. The molecule has 0 aliphatic rings. The lowest BCUT2D eigenvalue weighted by molar-refractivity contribution is 0.199. The Bertz CT molecular complexity index is 95.1. The highest BCUT2D eigenvalue weighted by molar-refractivity contribution is 7.52. The third kappa shape index (κ3) is 2.65. The van der Waals surface area contributed by atoms with Crippen molar-refractivity contribution in [2.24, 2.45) is 0 Å². The molecule has 0 saturated heterocycles. The summed E-state index contributed by atoms with van der Waals surface area (Å²) in [6.07, 6.45) is -3.76. The fourth-order valence-corrected chi connectivity index (χ4v) is 0. The molecule has 0 aliphatic carbocycles. The Balaban J connectivity index is 3.80. The van der Waals surface area contributed by atoms with Gasteiger partial charge in [0.15, 0.2) is 0 Å². The van der Waals surface area contributed by atoms with E-state index in [2.05, 4.69) is 0 Å². The van der Waals surface area contributed by atoms with Crippen LogP contribution in [0.1, 0.15) is 0 Å². The highest BCUT2D eigenvalue weighted by Gasteiger charge is 2.29. The van der Waals surface area contributed by atoms with Gasteiger partial charge in [0.2, 0.25) is 0 Å². The average molecular weight is 134 g/mol. The Labute approximate surface area is 37.5 Å². The van der Waals surface area contributed by atoms with Crippen molar-refractivity contribution in [1.82, 2.24) is 0 Å². The molecule has 0 bridgehead atoms. The molecule has 0 aromatic rings. The van der Waals surface area contributed by atoms with Crippen molar-refractivity contribution in [3.63, 3.8) is 0 Å². The van der Waals surface area contributed by atoms with Crippen molar-refractivity contribution < 1.29 is 22.4 Å². The van der Waals surface area contributed by atoms with E-state index in [1.54, 1.807) is 0 Å². The van der Waals surface area contributed by atoms with Crippen LogP contribution < -0.4 is 0 Å². The van der Waals surface area contributed by atoms with Crippen molar-refractivity contribution in [2.75, 3.05) is 0 Å². The predicted molar refractivity (Wildman–Crippen MR) is 16.9 cm³/mol. The maximum atomic E-state index is 10.9. The molecule has 0 aliphatic heterocycles. The van der Waals surface area contributed by atoms with Gasteiger partial charge in [0, 0.05) is 0 Å². The second-order valence-corrected chi connectivity index (χ2v) is 2.30. The number of halogens is 3. The molecular formula is CH2F3O2P. The predicted octanol–water partition coefficient (Wildman–Crippen LogP) is 1.36. The maximum Gasteiger partial charge on any atom is 0.429 e. The number of alkyl halides is 2. The van der Waals surface area contributed by atoms with E-state index in [-0.39, 0.29) is 0 Å². The summed E-state index contributed by atoms with van der Waals surface area (Å²) in [7, 11) is -5.57. The van der Waals surface area contributed by atoms with Crippen LogP contribution in [0.2, 0.25) is 0 Å². The molecule has 0 heterocycles. The summed E-state index contributed by atoms with van der Waals surface area (Å²) in [5.74, 6) is 0. The Morgan fingerprint density at radius 3 is 1.71 bits per heavy atom. The van der Waals surface area contributed by atoms with Gasteiger partial charge < -0.3 is 4.89 Å². The minimum absolute atomic E-state index is 3.76. The van der Waals surface area contributed by atoms with Crippen molar-refractivity contribution in [2.45, 2.75) is 6.17 Å². The lowest BCUT2D eigenvalue weighted by Crippen LogP contribution is -1.84. The maximum absolute atomic E-state index is 10.9. The van der Waals surface area contributed by atoms with Crippen LogP contribution in [0, 0.1) is 0 Å². The lowest BCUT2D eigenvalue weighted by atomic mass is 11.7. The molecule has 6 heteroatoms. The molecule has 1 atom stereocenters. The number of rotatable bonds is 1. The third-order valence-corrected chi connectivity index (χ3v) is 0.722. The van der Waals surface area contributed by atoms with Crippen molar-refractivity contribution in [1.29, 1.82) is 0 Å². The highest BCUT2D eigenvalue weighted by atomic mass is 31.2. The zero-order chi connectivity index (χ0) is 6.08. The van der Waals surface area contributed by atoms with E-state index in [4.69, 9.17) is 9.46 Å². The molecule has 1 N–H and O–H groups in total. The number of hydrogen-bond acceptors (Lipinski definition) is 1.